The van der Waals surface area contributed by atoms with Gasteiger partial charge in [0.2, 0.25) is 5.91 Å². The smallest absolute Gasteiger partial charge is 0.306 e. The third-order valence-corrected chi connectivity index (χ3v) is 3.68. The first-order chi connectivity index (χ1) is 11.1. The van der Waals surface area contributed by atoms with Gasteiger partial charge in [0.15, 0.2) is 0 Å². The van der Waals surface area contributed by atoms with Crippen molar-refractivity contribution in [2.24, 2.45) is 0 Å². The van der Waals surface area contributed by atoms with Crippen molar-refractivity contribution in [1.29, 1.82) is 0 Å². The summed E-state index contributed by atoms with van der Waals surface area (Å²) in [6.07, 6.45) is 2.04. The van der Waals surface area contributed by atoms with Crippen LogP contribution in [0.3, 0.4) is 0 Å². The lowest BCUT2D eigenvalue weighted by molar-refractivity contribution is -0.155. The highest BCUT2D eigenvalue weighted by atomic mass is 35.5. The van der Waals surface area contributed by atoms with E-state index in [9.17, 15) is 9.59 Å². The van der Waals surface area contributed by atoms with E-state index in [4.69, 9.17) is 24.2 Å². The zero-order valence-corrected chi connectivity index (χ0v) is 15.7. The molecule has 0 fully saturated rings. The monoisotopic (exact) mass is 349 g/mol. The molecule has 0 aromatic heterocycles. The van der Waals surface area contributed by atoms with Crippen LogP contribution in [0.2, 0.25) is 5.02 Å². The largest absolute Gasteiger partial charge is 0.460 e. The Morgan fingerprint density at radius 2 is 1.83 bits per heavy atom. The molecule has 0 heterocycles. The SMILES string of the molecule is [B]c1ccc(CN(C)C(=O)CCCCC(=O)OC(C)(C)C)cc1Cl. The van der Waals surface area contributed by atoms with Gasteiger partial charge in [-0.15, -0.1) is 0 Å². The molecule has 1 rings (SSSR count). The normalized spacial score (nSPS) is 11.2. The van der Waals surface area contributed by atoms with Crippen LogP contribution in [0.4, 0.5) is 0 Å². The molecular weight excluding hydrogens is 324 g/mol. The van der Waals surface area contributed by atoms with Gasteiger partial charge in [-0.2, -0.15) is 0 Å². The van der Waals surface area contributed by atoms with Crippen LogP contribution in [0.1, 0.15) is 52.0 Å². The molecule has 1 aromatic rings. The summed E-state index contributed by atoms with van der Waals surface area (Å²) in [6, 6.07) is 5.35. The van der Waals surface area contributed by atoms with Crippen LogP contribution < -0.4 is 5.46 Å². The number of halogens is 1. The van der Waals surface area contributed by atoms with Crippen molar-refractivity contribution in [2.45, 2.75) is 58.6 Å². The van der Waals surface area contributed by atoms with Gasteiger partial charge in [0, 0.05) is 31.5 Å². The molecule has 0 aliphatic carbocycles. The molecule has 0 N–H and O–H groups in total. The molecule has 0 aliphatic heterocycles. The molecular formula is C18H25BClNO3. The van der Waals surface area contributed by atoms with Gasteiger partial charge in [0.05, 0.1) is 0 Å². The summed E-state index contributed by atoms with van der Waals surface area (Å²) >= 11 is 5.98. The summed E-state index contributed by atoms with van der Waals surface area (Å²) in [7, 11) is 7.42. The molecule has 1 aromatic carbocycles. The van der Waals surface area contributed by atoms with Crippen LogP contribution >= 0.6 is 11.6 Å². The number of benzene rings is 1. The molecule has 0 aliphatic rings. The van der Waals surface area contributed by atoms with Crippen molar-refractivity contribution in [3.8, 4) is 0 Å². The summed E-state index contributed by atoms with van der Waals surface area (Å²) in [4.78, 5) is 25.4. The fraction of sp³-hybridized carbons (Fsp3) is 0.556. The molecule has 4 nitrogen and oxygen atoms in total. The molecule has 6 heteroatoms. The third-order valence-electron chi connectivity index (χ3n) is 3.35. The molecule has 0 atom stereocenters. The average Bonchev–Trinajstić information content (AvgIpc) is 2.45. The first kappa shape index (κ1) is 20.6. The Balaban J connectivity index is 2.32. The van der Waals surface area contributed by atoms with Gasteiger partial charge in [-0.25, -0.2) is 0 Å². The van der Waals surface area contributed by atoms with E-state index in [1.807, 2.05) is 26.8 Å². The summed E-state index contributed by atoms with van der Waals surface area (Å²) in [6.45, 7) is 6.00. The van der Waals surface area contributed by atoms with Crippen LogP contribution in [0.5, 0.6) is 0 Å². The van der Waals surface area contributed by atoms with Crippen molar-refractivity contribution in [3.05, 3.63) is 28.8 Å². The molecule has 1 amide bonds. The summed E-state index contributed by atoms with van der Waals surface area (Å²) < 4.78 is 5.24. The van der Waals surface area contributed by atoms with Gasteiger partial charge in [0.25, 0.3) is 0 Å². The highest BCUT2D eigenvalue weighted by Gasteiger charge is 2.16. The standard InChI is InChI=1S/C18H25BClNO3/c1-18(2,3)24-17(23)8-6-5-7-16(22)21(4)12-13-9-10-14(19)15(20)11-13/h9-11H,5-8,12H2,1-4H3. The predicted octanol–water partition coefficient (Wildman–Crippen LogP) is 2.99. The van der Waals surface area contributed by atoms with E-state index in [0.29, 0.717) is 42.7 Å². The van der Waals surface area contributed by atoms with Crippen LogP contribution in [0.15, 0.2) is 18.2 Å². The quantitative estimate of drug-likeness (QED) is 0.432. The molecule has 0 spiro atoms. The van der Waals surface area contributed by atoms with Crippen molar-refractivity contribution in [1.82, 2.24) is 4.90 Å². The maximum absolute atomic E-state index is 12.1. The minimum absolute atomic E-state index is 0.0344. The van der Waals surface area contributed by atoms with Gasteiger partial charge in [-0.1, -0.05) is 29.2 Å². The van der Waals surface area contributed by atoms with Crippen molar-refractivity contribution in [3.63, 3.8) is 0 Å². The zero-order chi connectivity index (χ0) is 18.3. The van der Waals surface area contributed by atoms with E-state index in [1.54, 1.807) is 24.1 Å². The lowest BCUT2D eigenvalue weighted by atomic mass is 9.95. The number of carbonyl (C=O) groups excluding carboxylic acids is 2. The lowest BCUT2D eigenvalue weighted by Gasteiger charge is -2.19. The number of rotatable bonds is 7. The van der Waals surface area contributed by atoms with Gasteiger partial charge >= 0.3 is 5.97 Å². The van der Waals surface area contributed by atoms with Crippen molar-refractivity contribution in [2.75, 3.05) is 7.05 Å². The molecule has 2 radical (unpaired) electrons. The maximum atomic E-state index is 12.1. The molecule has 0 saturated carbocycles. The van der Waals surface area contributed by atoms with E-state index in [1.165, 1.54) is 0 Å². The van der Waals surface area contributed by atoms with Gasteiger partial charge < -0.3 is 9.64 Å². The summed E-state index contributed by atoms with van der Waals surface area (Å²) in [5, 5.41) is 0.491. The number of hydrogen-bond donors (Lipinski definition) is 0. The van der Waals surface area contributed by atoms with E-state index in [-0.39, 0.29) is 11.9 Å². The van der Waals surface area contributed by atoms with E-state index in [2.05, 4.69) is 0 Å². The number of carbonyl (C=O) groups is 2. The second kappa shape index (κ2) is 9.12. The van der Waals surface area contributed by atoms with Crippen molar-refractivity contribution >= 4 is 36.8 Å². The molecule has 130 valence electrons. The fourth-order valence-electron chi connectivity index (χ4n) is 2.16. The molecule has 0 saturated heterocycles. The average molecular weight is 350 g/mol. The number of amides is 1. The van der Waals surface area contributed by atoms with Gasteiger partial charge in [0.1, 0.15) is 13.4 Å². The number of nitrogens with zero attached hydrogens (tertiary/aromatic N) is 1. The number of unbranched alkanes of at least 4 members (excludes halogenated alkanes) is 1. The Bertz CT molecular complexity index is 584. The first-order valence-electron chi connectivity index (χ1n) is 8.08. The minimum Gasteiger partial charge on any atom is -0.460 e. The topological polar surface area (TPSA) is 46.6 Å². The van der Waals surface area contributed by atoms with Gasteiger partial charge in [-0.3, -0.25) is 9.59 Å². The maximum Gasteiger partial charge on any atom is 0.306 e. The van der Waals surface area contributed by atoms with E-state index >= 15 is 0 Å². The molecule has 0 unspecified atom stereocenters. The zero-order valence-electron chi connectivity index (χ0n) is 14.9. The summed E-state index contributed by atoms with van der Waals surface area (Å²) in [5.74, 6) is -0.188. The second-order valence-electron chi connectivity index (χ2n) is 6.90. The number of esters is 1. The van der Waals surface area contributed by atoms with Crippen LogP contribution in [-0.2, 0) is 20.9 Å². The Kier molecular flexibility index (Phi) is 7.81. The van der Waals surface area contributed by atoms with Crippen molar-refractivity contribution < 1.29 is 14.3 Å². The molecule has 24 heavy (non-hydrogen) atoms. The Labute approximate surface area is 150 Å². The molecule has 0 bridgehead atoms. The first-order valence-corrected chi connectivity index (χ1v) is 8.46. The van der Waals surface area contributed by atoms with Crippen LogP contribution in [-0.4, -0.2) is 37.3 Å². The number of ether oxygens (including phenoxy) is 1. The Morgan fingerprint density at radius 1 is 1.21 bits per heavy atom. The van der Waals surface area contributed by atoms with Crippen LogP contribution in [0.25, 0.3) is 0 Å². The number of hydrogen-bond acceptors (Lipinski definition) is 3. The summed E-state index contributed by atoms with van der Waals surface area (Å²) in [5.41, 5.74) is 0.989. The second-order valence-corrected chi connectivity index (χ2v) is 7.31. The highest BCUT2D eigenvalue weighted by Crippen LogP contribution is 2.13. The third kappa shape index (κ3) is 7.87. The lowest BCUT2D eigenvalue weighted by Crippen LogP contribution is -2.26. The van der Waals surface area contributed by atoms with Crippen LogP contribution in [0, 0.1) is 0 Å². The van der Waals surface area contributed by atoms with E-state index in [0.717, 1.165) is 5.56 Å². The predicted molar refractivity (Wildman–Crippen MR) is 97.6 cm³/mol. The Morgan fingerprint density at radius 3 is 2.42 bits per heavy atom. The highest BCUT2D eigenvalue weighted by molar-refractivity contribution is 6.45. The van der Waals surface area contributed by atoms with E-state index < -0.39 is 5.60 Å². The minimum atomic E-state index is -0.465. The fourth-order valence-corrected chi connectivity index (χ4v) is 2.36. The Hall–Kier alpha value is -1.49. The van der Waals surface area contributed by atoms with Gasteiger partial charge in [-0.05, 0) is 45.2 Å².